The summed E-state index contributed by atoms with van der Waals surface area (Å²) in [4.78, 5) is 12.4. The molecule has 1 amide bonds. The first kappa shape index (κ1) is 23.6. The monoisotopic (exact) mass is 491 g/mol. The van der Waals surface area contributed by atoms with Gasteiger partial charge in [-0.3, -0.25) is 4.79 Å². The second-order valence-electron chi connectivity index (χ2n) is 7.38. The van der Waals surface area contributed by atoms with Crippen LogP contribution in [0.25, 0.3) is 11.8 Å². The fraction of sp³-hybridized carbons (Fsp3) is 0.0833. The smallest absolute Gasteiger partial charge is 0.339 e. The lowest BCUT2D eigenvalue weighted by molar-refractivity contribution is -0.111. The third kappa shape index (κ3) is 5.89. The molecule has 178 valence electrons. The number of nitrogens with zero attached hydrogens (tertiary/aromatic N) is 4. The Hall–Kier alpha value is -4.51. The molecule has 0 aliphatic heterocycles. The largest absolute Gasteiger partial charge is 0.493 e. The van der Waals surface area contributed by atoms with Crippen LogP contribution in [0.5, 0.6) is 11.5 Å². The van der Waals surface area contributed by atoms with Gasteiger partial charge in [-0.1, -0.05) is 23.8 Å². The van der Waals surface area contributed by atoms with Gasteiger partial charge in [-0.2, -0.15) is 8.42 Å². The molecule has 0 atom stereocenters. The van der Waals surface area contributed by atoms with Crippen molar-refractivity contribution >= 4 is 27.8 Å². The van der Waals surface area contributed by atoms with Gasteiger partial charge >= 0.3 is 10.1 Å². The van der Waals surface area contributed by atoms with Gasteiger partial charge in [0.25, 0.3) is 0 Å². The number of amides is 1. The van der Waals surface area contributed by atoms with Crippen LogP contribution in [0, 0.1) is 6.92 Å². The molecule has 1 aromatic heterocycles. The standard InChI is InChI=1S/C24H21N5O5S/c1-17-3-11-21(12-4-17)35(31,32)34-22-13-5-18(15-23(22)33-2)6-14-24(30)26-19-7-9-20(10-8-19)29-16-25-27-28-29/h3-16H,1-2H3,(H,26,30)/b14-6+. The van der Waals surface area contributed by atoms with E-state index in [0.29, 0.717) is 11.3 Å². The lowest BCUT2D eigenvalue weighted by Crippen LogP contribution is -2.10. The average molecular weight is 492 g/mol. The summed E-state index contributed by atoms with van der Waals surface area (Å²) < 4.78 is 37.2. The van der Waals surface area contributed by atoms with E-state index in [9.17, 15) is 13.2 Å². The molecule has 1 N–H and O–H groups in total. The number of methoxy groups -OCH3 is 1. The number of hydrogen-bond acceptors (Lipinski definition) is 8. The summed E-state index contributed by atoms with van der Waals surface area (Å²) in [6, 6.07) is 18.0. The first-order valence-corrected chi connectivity index (χ1v) is 11.8. The number of nitrogens with one attached hydrogen (secondary N) is 1. The van der Waals surface area contributed by atoms with Crippen molar-refractivity contribution in [3.05, 3.63) is 90.3 Å². The van der Waals surface area contributed by atoms with E-state index in [1.54, 1.807) is 54.6 Å². The summed E-state index contributed by atoms with van der Waals surface area (Å²) in [5, 5.41) is 13.7. The molecule has 0 aliphatic carbocycles. The number of rotatable bonds is 8. The van der Waals surface area contributed by atoms with Crippen molar-refractivity contribution in [1.82, 2.24) is 20.2 Å². The van der Waals surface area contributed by atoms with Crippen molar-refractivity contribution in [1.29, 1.82) is 0 Å². The van der Waals surface area contributed by atoms with Crippen LogP contribution in [0.2, 0.25) is 0 Å². The zero-order chi connectivity index (χ0) is 24.8. The molecule has 0 saturated carbocycles. The van der Waals surface area contributed by atoms with Gasteiger partial charge in [0, 0.05) is 11.8 Å². The average Bonchev–Trinajstić information content (AvgIpc) is 3.39. The molecule has 0 fully saturated rings. The lowest BCUT2D eigenvalue weighted by atomic mass is 10.2. The maximum atomic E-state index is 12.6. The number of hydrogen-bond donors (Lipinski definition) is 1. The molecule has 0 saturated heterocycles. The summed E-state index contributed by atoms with van der Waals surface area (Å²) in [7, 11) is -2.63. The molecule has 0 spiro atoms. The molecule has 0 aliphatic rings. The van der Waals surface area contributed by atoms with Crippen molar-refractivity contribution in [3.8, 4) is 17.2 Å². The van der Waals surface area contributed by atoms with Crippen molar-refractivity contribution < 1.29 is 22.1 Å². The van der Waals surface area contributed by atoms with Crippen molar-refractivity contribution in [2.75, 3.05) is 12.4 Å². The molecule has 10 nitrogen and oxygen atoms in total. The minimum atomic E-state index is -4.03. The van der Waals surface area contributed by atoms with Gasteiger partial charge in [-0.25, -0.2) is 4.68 Å². The van der Waals surface area contributed by atoms with E-state index in [1.807, 2.05) is 6.92 Å². The van der Waals surface area contributed by atoms with Crippen LogP contribution in [0.3, 0.4) is 0 Å². The Morgan fingerprint density at radius 1 is 1.00 bits per heavy atom. The van der Waals surface area contributed by atoms with E-state index in [2.05, 4.69) is 20.8 Å². The van der Waals surface area contributed by atoms with Crippen LogP contribution in [-0.2, 0) is 14.9 Å². The molecule has 35 heavy (non-hydrogen) atoms. The van der Waals surface area contributed by atoms with Crippen molar-refractivity contribution in [2.24, 2.45) is 0 Å². The van der Waals surface area contributed by atoms with E-state index in [1.165, 1.54) is 42.4 Å². The second kappa shape index (κ2) is 10.2. The van der Waals surface area contributed by atoms with Crippen molar-refractivity contribution in [2.45, 2.75) is 11.8 Å². The third-order valence-electron chi connectivity index (χ3n) is 4.87. The predicted molar refractivity (Wildman–Crippen MR) is 129 cm³/mol. The predicted octanol–water partition coefficient (Wildman–Crippen LogP) is 3.40. The molecule has 1 heterocycles. The summed E-state index contributed by atoms with van der Waals surface area (Å²) in [6.45, 7) is 1.86. The summed E-state index contributed by atoms with van der Waals surface area (Å²) in [5.41, 5.74) is 2.90. The van der Waals surface area contributed by atoms with Crippen LogP contribution in [0.15, 0.2) is 84.0 Å². The first-order chi connectivity index (χ1) is 16.8. The van der Waals surface area contributed by atoms with Crippen molar-refractivity contribution in [3.63, 3.8) is 0 Å². The first-order valence-electron chi connectivity index (χ1n) is 10.4. The Morgan fingerprint density at radius 3 is 2.40 bits per heavy atom. The number of carbonyl (C=O) groups is 1. The molecule has 11 heteroatoms. The maximum absolute atomic E-state index is 12.6. The molecule has 0 radical (unpaired) electrons. The van der Waals surface area contributed by atoms with Crippen LogP contribution in [0.1, 0.15) is 11.1 Å². The van der Waals surface area contributed by atoms with Gasteiger partial charge in [-0.15, -0.1) is 5.10 Å². The SMILES string of the molecule is COc1cc(/C=C/C(=O)Nc2ccc(-n3cnnn3)cc2)ccc1OS(=O)(=O)c1ccc(C)cc1. The van der Waals surface area contributed by atoms with Crippen LogP contribution >= 0.6 is 0 Å². The van der Waals surface area contributed by atoms with Gasteiger partial charge < -0.3 is 14.2 Å². The second-order valence-corrected chi connectivity index (χ2v) is 8.93. The minimum Gasteiger partial charge on any atom is -0.493 e. The van der Waals surface area contributed by atoms with Gasteiger partial charge in [0.1, 0.15) is 11.2 Å². The van der Waals surface area contributed by atoms with E-state index in [-0.39, 0.29) is 22.3 Å². The topological polar surface area (TPSA) is 125 Å². The van der Waals surface area contributed by atoms with Crippen LogP contribution < -0.4 is 14.2 Å². The number of tetrazole rings is 1. The highest BCUT2D eigenvalue weighted by molar-refractivity contribution is 7.87. The molecule has 4 aromatic rings. The molecule has 3 aromatic carbocycles. The molecular weight excluding hydrogens is 470 g/mol. The van der Waals surface area contributed by atoms with Gasteiger partial charge in [0.2, 0.25) is 5.91 Å². The summed E-state index contributed by atoms with van der Waals surface area (Å²) in [6.07, 6.45) is 4.40. The summed E-state index contributed by atoms with van der Waals surface area (Å²) in [5.74, 6) is -0.0970. The Kier molecular flexibility index (Phi) is 6.88. The molecule has 0 bridgehead atoms. The van der Waals surface area contributed by atoms with E-state index < -0.39 is 10.1 Å². The number of carbonyl (C=O) groups excluding carboxylic acids is 1. The quantitative estimate of drug-likeness (QED) is 0.294. The Balaban J connectivity index is 1.42. The number of anilines is 1. The van der Waals surface area contributed by atoms with Gasteiger partial charge in [-0.05, 0) is 77.5 Å². The zero-order valence-electron chi connectivity index (χ0n) is 18.8. The number of aromatic nitrogens is 4. The Labute approximate surface area is 201 Å². The molecule has 4 rings (SSSR count). The number of ether oxygens (including phenoxy) is 1. The molecular formula is C24H21N5O5S. The van der Waals surface area contributed by atoms with E-state index in [4.69, 9.17) is 8.92 Å². The third-order valence-corrected chi connectivity index (χ3v) is 6.12. The Morgan fingerprint density at radius 2 is 1.74 bits per heavy atom. The maximum Gasteiger partial charge on any atom is 0.339 e. The normalized spacial score (nSPS) is 11.4. The van der Waals surface area contributed by atoms with Gasteiger partial charge in [0.15, 0.2) is 11.5 Å². The highest BCUT2D eigenvalue weighted by Gasteiger charge is 2.19. The molecule has 0 unspecified atom stereocenters. The highest BCUT2D eigenvalue weighted by atomic mass is 32.2. The lowest BCUT2D eigenvalue weighted by Gasteiger charge is -2.11. The fourth-order valence-electron chi connectivity index (χ4n) is 3.06. The van der Waals surface area contributed by atoms with E-state index >= 15 is 0 Å². The fourth-order valence-corrected chi connectivity index (χ4v) is 4.00. The van der Waals surface area contributed by atoms with Gasteiger partial charge in [0.05, 0.1) is 12.8 Å². The van der Waals surface area contributed by atoms with Crippen LogP contribution in [-0.4, -0.2) is 41.6 Å². The Bertz CT molecular complexity index is 1450. The number of benzene rings is 3. The highest BCUT2D eigenvalue weighted by Crippen LogP contribution is 2.31. The zero-order valence-corrected chi connectivity index (χ0v) is 19.6. The number of aryl methyl sites for hydroxylation is 1. The summed E-state index contributed by atoms with van der Waals surface area (Å²) >= 11 is 0. The minimum absolute atomic E-state index is 0.0387. The van der Waals surface area contributed by atoms with Crippen LogP contribution in [0.4, 0.5) is 5.69 Å². The van der Waals surface area contributed by atoms with E-state index in [0.717, 1.165) is 11.3 Å².